The summed E-state index contributed by atoms with van der Waals surface area (Å²) in [5, 5.41) is 7.47. The molecule has 0 spiro atoms. The lowest BCUT2D eigenvalue weighted by Crippen LogP contribution is -2.30. The minimum absolute atomic E-state index is 0.170. The standard InChI is InChI=1S/C13H16N4OS/c1-8-5-10(6-9(2)15-8)12-16-13(18-17-12)11-7-19-4-3-14-11/h5-6,11,14H,3-4,7H2,1-2H3. The molecule has 1 unspecified atom stereocenters. The van der Waals surface area contributed by atoms with Crippen LogP contribution < -0.4 is 5.32 Å². The molecular weight excluding hydrogens is 260 g/mol. The summed E-state index contributed by atoms with van der Waals surface area (Å²) in [6.07, 6.45) is 0. The van der Waals surface area contributed by atoms with E-state index in [0.29, 0.717) is 11.7 Å². The molecule has 0 amide bonds. The molecule has 0 aromatic carbocycles. The van der Waals surface area contributed by atoms with Gasteiger partial charge in [-0.25, -0.2) is 0 Å². The molecule has 2 aromatic rings. The number of hydrogen-bond donors (Lipinski definition) is 1. The van der Waals surface area contributed by atoms with E-state index in [1.165, 1.54) is 0 Å². The lowest BCUT2D eigenvalue weighted by molar-refractivity contribution is 0.342. The van der Waals surface area contributed by atoms with E-state index >= 15 is 0 Å². The number of aromatic nitrogens is 3. The molecule has 1 aliphatic heterocycles. The normalized spacial score (nSPS) is 19.6. The highest BCUT2D eigenvalue weighted by Crippen LogP contribution is 2.23. The molecule has 1 aliphatic rings. The predicted molar refractivity (Wildman–Crippen MR) is 75.1 cm³/mol. The number of pyridine rings is 1. The fourth-order valence-electron chi connectivity index (χ4n) is 2.18. The zero-order chi connectivity index (χ0) is 13.2. The Labute approximate surface area is 116 Å². The Bertz CT molecular complexity index is 558. The molecule has 19 heavy (non-hydrogen) atoms. The van der Waals surface area contributed by atoms with Crippen LogP contribution in [0.1, 0.15) is 23.3 Å². The van der Waals surface area contributed by atoms with Crippen molar-refractivity contribution in [1.29, 1.82) is 0 Å². The van der Waals surface area contributed by atoms with Crippen molar-refractivity contribution >= 4 is 11.8 Å². The van der Waals surface area contributed by atoms with Gasteiger partial charge in [0, 0.05) is 35.0 Å². The van der Waals surface area contributed by atoms with Gasteiger partial charge >= 0.3 is 0 Å². The van der Waals surface area contributed by atoms with Crippen LogP contribution in [0, 0.1) is 13.8 Å². The molecular formula is C13H16N4OS. The van der Waals surface area contributed by atoms with Gasteiger partial charge in [-0.1, -0.05) is 5.16 Å². The number of rotatable bonds is 2. The molecule has 2 aromatic heterocycles. The Hall–Kier alpha value is -1.40. The van der Waals surface area contributed by atoms with Crippen molar-refractivity contribution in [3.8, 4) is 11.4 Å². The summed E-state index contributed by atoms with van der Waals surface area (Å²) < 4.78 is 5.38. The van der Waals surface area contributed by atoms with Crippen LogP contribution in [0.2, 0.25) is 0 Å². The summed E-state index contributed by atoms with van der Waals surface area (Å²) in [6.45, 7) is 4.92. The highest BCUT2D eigenvalue weighted by molar-refractivity contribution is 7.99. The van der Waals surface area contributed by atoms with E-state index in [1.807, 2.05) is 37.7 Å². The minimum atomic E-state index is 0.170. The van der Waals surface area contributed by atoms with Crippen LogP contribution in [0.25, 0.3) is 11.4 Å². The lowest BCUT2D eigenvalue weighted by Gasteiger charge is -2.19. The second-order valence-electron chi connectivity index (χ2n) is 4.68. The first-order valence-corrected chi connectivity index (χ1v) is 7.48. The third-order valence-corrected chi connectivity index (χ3v) is 4.06. The highest BCUT2D eigenvalue weighted by Gasteiger charge is 2.21. The molecule has 1 saturated heterocycles. The Balaban J connectivity index is 1.87. The number of nitrogens with one attached hydrogen (secondary N) is 1. The van der Waals surface area contributed by atoms with E-state index < -0.39 is 0 Å². The fraction of sp³-hybridized carbons (Fsp3) is 0.462. The number of thioether (sulfide) groups is 1. The average Bonchev–Trinajstić information content (AvgIpc) is 2.88. The second-order valence-corrected chi connectivity index (χ2v) is 5.83. The summed E-state index contributed by atoms with van der Waals surface area (Å²) in [7, 11) is 0. The van der Waals surface area contributed by atoms with Crippen LogP contribution in [-0.4, -0.2) is 33.2 Å². The molecule has 1 atom stereocenters. The topological polar surface area (TPSA) is 63.8 Å². The summed E-state index contributed by atoms with van der Waals surface area (Å²) >= 11 is 1.91. The zero-order valence-corrected chi connectivity index (χ0v) is 11.8. The fourth-order valence-corrected chi connectivity index (χ4v) is 3.11. The summed E-state index contributed by atoms with van der Waals surface area (Å²) in [6, 6.07) is 4.12. The molecule has 0 bridgehead atoms. The van der Waals surface area contributed by atoms with Gasteiger partial charge in [0.15, 0.2) is 0 Å². The first-order chi connectivity index (χ1) is 9.22. The van der Waals surface area contributed by atoms with Crippen molar-refractivity contribution in [1.82, 2.24) is 20.4 Å². The monoisotopic (exact) mass is 276 g/mol. The molecule has 3 rings (SSSR count). The molecule has 6 heteroatoms. The minimum Gasteiger partial charge on any atom is -0.337 e. The number of aryl methyl sites for hydroxylation is 2. The van der Waals surface area contributed by atoms with E-state index in [9.17, 15) is 0 Å². The van der Waals surface area contributed by atoms with Gasteiger partial charge in [0.05, 0.1) is 6.04 Å². The third kappa shape index (κ3) is 2.79. The summed E-state index contributed by atoms with van der Waals surface area (Å²) in [5.74, 6) is 3.44. The van der Waals surface area contributed by atoms with Crippen molar-refractivity contribution in [2.24, 2.45) is 0 Å². The maximum absolute atomic E-state index is 5.38. The second kappa shape index (κ2) is 5.30. The third-order valence-electron chi connectivity index (χ3n) is 3.00. The average molecular weight is 276 g/mol. The smallest absolute Gasteiger partial charge is 0.244 e. The highest BCUT2D eigenvalue weighted by atomic mass is 32.2. The Kier molecular flexibility index (Phi) is 3.52. The molecule has 0 radical (unpaired) electrons. The number of nitrogens with zero attached hydrogens (tertiary/aromatic N) is 3. The van der Waals surface area contributed by atoms with Crippen LogP contribution in [0.4, 0.5) is 0 Å². The van der Waals surface area contributed by atoms with Crippen LogP contribution in [0.5, 0.6) is 0 Å². The van der Waals surface area contributed by atoms with Gasteiger partial charge in [-0.15, -0.1) is 0 Å². The van der Waals surface area contributed by atoms with Crippen molar-refractivity contribution < 1.29 is 4.52 Å². The Morgan fingerprint density at radius 1 is 1.26 bits per heavy atom. The van der Waals surface area contributed by atoms with Crippen molar-refractivity contribution in [3.63, 3.8) is 0 Å². The Morgan fingerprint density at radius 2 is 2.05 bits per heavy atom. The summed E-state index contributed by atoms with van der Waals surface area (Å²) in [4.78, 5) is 8.86. The van der Waals surface area contributed by atoms with E-state index in [0.717, 1.165) is 35.0 Å². The molecule has 1 N–H and O–H groups in total. The molecule has 0 aliphatic carbocycles. The first kappa shape index (κ1) is 12.6. The van der Waals surface area contributed by atoms with Crippen molar-refractivity contribution in [2.45, 2.75) is 19.9 Å². The van der Waals surface area contributed by atoms with Crippen LogP contribution in [0.15, 0.2) is 16.7 Å². The number of hydrogen-bond acceptors (Lipinski definition) is 6. The van der Waals surface area contributed by atoms with Gasteiger partial charge in [-0.2, -0.15) is 16.7 Å². The molecule has 5 nitrogen and oxygen atoms in total. The Morgan fingerprint density at radius 3 is 2.74 bits per heavy atom. The maximum atomic E-state index is 5.38. The van der Waals surface area contributed by atoms with Crippen LogP contribution >= 0.6 is 11.8 Å². The molecule has 0 saturated carbocycles. The molecule has 100 valence electrons. The molecule has 3 heterocycles. The van der Waals surface area contributed by atoms with Gasteiger partial charge in [-0.3, -0.25) is 4.98 Å². The van der Waals surface area contributed by atoms with Gasteiger partial charge in [-0.05, 0) is 26.0 Å². The van der Waals surface area contributed by atoms with Crippen LogP contribution in [0.3, 0.4) is 0 Å². The van der Waals surface area contributed by atoms with Gasteiger partial charge in [0.1, 0.15) is 0 Å². The SMILES string of the molecule is Cc1cc(-c2noc(C3CSCCN3)n2)cc(C)n1. The van der Waals surface area contributed by atoms with E-state index in [1.54, 1.807) is 0 Å². The maximum Gasteiger partial charge on any atom is 0.244 e. The van der Waals surface area contributed by atoms with Gasteiger partial charge in [0.2, 0.25) is 11.7 Å². The van der Waals surface area contributed by atoms with Gasteiger partial charge < -0.3 is 9.84 Å². The van der Waals surface area contributed by atoms with E-state index in [-0.39, 0.29) is 6.04 Å². The van der Waals surface area contributed by atoms with Crippen molar-refractivity contribution in [2.75, 3.05) is 18.1 Å². The largest absolute Gasteiger partial charge is 0.337 e. The van der Waals surface area contributed by atoms with E-state index in [2.05, 4.69) is 20.4 Å². The lowest BCUT2D eigenvalue weighted by atomic mass is 10.2. The predicted octanol–water partition coefficient (Wildman–Crippen LogP) is 2.13. The van der Waals surface area contributed by atoms with Gasteiger partial charge in [0.25, 0.3) is 0 Å². The summed E-state index contributed by atoms with van der Waals surface area (Å²) in [5.41, 5.74) is 2.89. The van der Waals surface area contributed by atoms with E-state index in [4.69, 9.17) is 4.52 Å². The zero-order valence-electron chi connectivity index (χ0n) is 11.0. The van der Waals surface area contributed by atoms with Crippen LogP contribution in [-0.2, 0) is 0 Å². The van der Waals surface area contributed by atoms with Crippen molar-refractivity contribution in [3.05, 3.63) is 29.4 Å². The molecule has 1 fully saturated rings. The first-order valence-electron chi connectivity index (χ1n) is 6.33. The quantitative estimate of drug-likeness (QED) is 0.906.